The van der Waals surface area contributed by atoms with Crippen molar-refractivity contribution >= 4 is 5.91 Å². The second kappa shape index (κ2) is 7.72. The van der Waals surface area contributed by atoms with Crippen molar-refractivity contribution in [3.63, 3.8) is 0 Å². The van der Waals surface area contributed by atoms with E-state index in [4.69, 9.17) is 9.47 Å². The zero-order valence-electron chi connectivity index (χ0n) is 12.9. The summed E-state index contributed by atoms with van der Waals surface area (Å²) in [4.78, 5) is 14.6. The molecule has 0 aromatic heterocycles. The van der Waals surface area contributed by atoms with Crippen molar-refractivity contribution in [1.29, 1.82) is 0 Å². The zero-order chi connectivity index (χ0) is 15.2. The normalized spacial score (nSPS) is 25.9. The predicted octanol–water partition coefficient (Wildman–Crippen LogP) is 0.835. The van der Waals surface area contributed by atoms with Crippen molar-refractivity contribution in [3.8, 4) is 0 Å². The molecule has 0 saturated carbocycles. The van der Waals surface area contributed by atoms with E-state index in [1.807, 2.05) is 23.1 Å². The van der Waals surface area contributed by atoms with Crippen LogP contribution in [0, 0.1) is 0 Å². The van der Waals surface area contributed by atoms with Gasteiger partial charge in [0.2, 0.25) is 5.91 Å². The fourth-order valence-electron chi connectivity index (χ4n) is 3.12. The molecule has 1 N–H and O–H groups in total. The van der Waals surface area contributed by atoms with E-state index in [0.717, 1.165) is 19.6 Å². The molecule has 0 spiro atoms. The van der Waals surface area contributed by atoms with Gasteiger partial charge in [-0.15, -0.1) is 0 Å². The quantitative estimate of drug-likeness (QED) is 0.895. The number of ether oxygens (including phenoxy) is 2. The third kappa shape index (κ3) is 4.06. The zero-order valence-corrected chi connectivity index (χ0v) is 12.9. The Hall–Kier alpha value is -1.43. The van der Waals surface area contributed by atoms with E-state index >= 15 is 0 Å². The standard InChI is InChI=1S/C17H24N2O3/c20-17(11-15-12-21-8-6-18-15)19-7-9-22-13-16(19)10-14-4-2-1-3-5-14/h1-5,15-16,18H,6-13H2. The Morgan fingerprint density at radius 1 is 1.18 bits per heavy atom. The van der Waals surface area contributed by atoms with Gasteiger partial charge in [0.05, 0.1) is 32.5 Å². The number of hydrogen-bond acceptors (Lipinski definition) is 4. The van der Waals surface area contributed by atoms with Gasteiger partial charge in [0.15, 0.2) is 0 Å². The average molecular weight is 304 g/mol. The van der Waals surface area contributed by atoms with Crippen LogP contribution < -0.4 is 5.32 Å². The molecule has 2 fully saturated rings. The van der Waals surface area contributed by atoms with Gasteiger partial charge in [-0.2, -0.15) is 0 Å². The summed E-state index contributed by atoms with van der Waals surface area (Å²) in [6.07, 6.45) is 1.35. The number of amides is 1. The Bertz CT molecular complexity index is 474. The summed E-state index contributed by atoms with van der Waals surface area (Å²) in [5, 5.41) is 3.35. The van der Waals surface area contributed by atoms with Gasteiger partial charge >= 0.3 is 0 Å². The van der Waals surface area contributed by atoms with Crippen LogP contribution in [-0.4, -0.2) is 62.4 Å². The number of carbonyl (C=O) groups excluding carboxylic acids is 1. The Morgan fingerprint density at radius 3 is 2.77 bits per heavy atom. The lowest BCUT2D eigenvalue weighted by atomic mass is 10.0. The number of benzene rings is 1. The van der Waals surface area contributed by atoms with Crippen LogP contribution in [0.25, 0.3) is 0 Å². The Balaban J connectivity index is 1.60. The van der Waals surface area contributed by atoms with Crippen molar-refractivity contribution in [2.45, 2.75) is 24.9 Å². The summed E-state index contributed by atoms with van der Waals surface area (Å²) < 4.78 is 11.0. The van der Waals surface area contributed by atoms with E-state index in [0.29, 0.717) is 32.8 Å². The number of rotatable bonds is 4. The molecule has 2 saturated heterocycles. The van der Waals surface area contributed by atoms with E-state index in [9.17, 15) is 4.79 Å². The number of carbonyl (C=O) groups is 1. The van der Waals surface area contributed by atoms with Gasteiger partial charge < -0.3 is 19.7 Å². The molecule has 3 rings (SSSR count). The van der Waals surface area contributed by atoms with Crippen LogP contribution in [-0.2, 0) is 20.7 Å². The van der Waals surface area contributed by atoms with Crippen molar-refractivity contribution < 1.29 is 14.3 Å². The van der Waals surface area contributed by atoms with Crippen LogP contribution in [0.15, 0.2) is 30.3 Å². The second-order valence-corrected chi connectivity index (χ2v) is 5.94. The van der Waals surface area contributed by atoms with Crippen molar-refractivity contribution in [3.05, 3.63) is 35.9 Å². The van der Waals surface area contributed by atoms with E-state index in [1.54, 1.807) is 0 Å². The molecule has 2 atom stereocenters. The molecule has 2 heterocycles. The highest BCUT2D eigenvalue weighted by molar-refractivity contribution is 5.77. The third-order valence-electron chi connectivity index (χ3n) is 4.28. The minimum Gasteiger partial charge on any atom is -0.378 e. The van der Waals surface area contributed by atoms with Crippen LogP contribution in [0.4, 0.5) is 0 Å². The molecule has 2 unspecified atom stereocenters. The monoisotopic (exact) mass is 304 g/mol. The molecule has 1 aromatic carbocycles. The summed E-state index contributed by atoms with van der Waals surface area (Å²) in [6.45, 7) is 4.12. The molecule has 1 aromatic rings. The predicted molar refractivity (Wildman–Crippen MR) is 83.7 cm³/mol. The van der Waals surface area contributed by atoms with E-state index < -0.39 is 0 Å². The molecule has 2 aliphatic heterocycles. The van der Waals surface area contributed by atoms with Gasteiger partial charge in [-0.05, 0) is 12.0 Å². The van der Waals surface area contributed by atoms with E-state index in [2.05, 4.69) is 17.4 Å². The van der Waals surface area contributed by atoms with Crippen molar-refractivity contribution in [2.75, 3.05) is 39.5 Å². The van der Waals surface area contributed by atoms with E-state index in [1.165, 1.54) is 5.56 Å². The number of nitrogens with zero attached hydrogens (tertiary/aromatic N) is 1. The summed E-state index contributed by atoms with van der Waals surface area (Å²) in [7, 11) is 0. The van der Waals surface area contributed by atoms with Gasteiger partial charge in [0, 0.05) is 25.6 Å². The van der Waals surface area contributed by atoms with Crippen molar-refractivity contribution in [1.82, 2.24) is 10.2 Å². The Kier molecular flexibility index (Phi) is 5.43. The first-order valence-corrected chi connectivity index (χ1v) is 8.05. The van der Waals surface area contributed by atoms with Crippen LogP contribution in [0.1, 0.15) is 12.0 Å². The van der Waals surface area contributed by atoms with Gasteiger partial charge in [0.1, 0.15) is 0 Å². The average Bonchev–Trinajstić information content (AvgIpc) is 2.57. The van der Waals surface area contributed by atoms with E-state index in [-0.39, 0.29) is 18.0 Å². The Morgan fingerprint density at radius 2 is 2.00 bits per heavy atom. The van der Waals surface area contributed by atoms with Crippen LogP contribution in [0.3, 0.4) is 0 Å². The highest BCUT2D eigenvalue weighted by atomic mass is 16.5. The smallest absolute Gasteiger partial charge is 0.224 e. The highest BCUT2D eigenvalue weighted by Crippen LogP contribution is 2.15. The van der Waals surface area contributed by atoms with Crippen LogP contribution in [0.5, 0.6) is 0 Å². The van der Waals surface area contributed by atoms with Gasteiger partial charge in [-0.25, -0.2) is 0 Å². The maximum absolute atomic E-state index is 12.6. The molecule has 1 amide bonds. The lowest BCUT2D eigenvalue weighted by Gasteiger charge is -2.37. The maximum Gasteiger partial charge on any atom is 0.224 e. The molecule has 0 aliphatic carbocycles. The lowest BCUT2D eigenvalue weighted by Crippen LogP contribution is -2.52. The summed E-state index contributed by atoms with van der Waals surface area (Å²) in [6, 6.07) is 10.6. The van der Waals surface area contributed by atoms with Crippen molar-refractivity contribution in [2.24, 2.45) is 0 Å². The molecule has 0 bridgehead atoms. The molecule has 120 valence electrons. The minimum absolute atomic E-state index is 0.133. The summed E-state index contributed by atoms with van der Waals surface area (Å²) in [5.74, 6) is 0.201. The largest absolute Gasteiger partial charge is 0.378 e. The lowest BCUT2D eigenvalue weighted by molar-refractivity contribution is -0.141. The molecule has 0 radical (unpaired) electrons. The van der Waals surface area contributed by atoms with Gasteiger partial charge in [-0.1, -0.05) is 30.3 Å². The second-order valence-electron chi connectivity index (χ2n) is 5.94. The molecule has 5 heteroatoms. The topological polar surface area (TPSA) is 50.8 Å². The summed E-state index contributed by atoms with van der Waals surface area (Å²) >= 11 is 0. The highest BCUT2D eigenvalue weighted by Gasteiger charge is 2.29. The molecule has 2 aliphatic rings. The minimum atomic E-state index is 0.133. The summed E-state index contributed by atoms with van der Waals surface area (Å²) in [5.41, 5.74) is 1.25. The number of morpholine rings is 2. The SMILES string of the molecule is O=C(CC1COCCN1)N1CCOCC1Cc1ccccc1. The van der Waals surface area contributed by atoms with Crippen LogP contribution >= 0.6 is 0 Å². The fraction of sp³-hybridized carbons (Fsp3) is 0.588. The first kappa shape index (κ1) is 15.5. The maximum atomic E-state index is 12.6. The number of nitrogens with one attached hydrogen (secondary N) is 1. The Labute approximate surface area is 131 Å². The van der Waals surface area contributed by atoms with Gasteiger partial charge in [0.25, 0.3) is 0 Å². The fourth-order valence-corrected chi connectivity index (χ4v) is 3.12. The molecule has 22 heavy (non-hydrogen) atoms. The third-order valence-corrected chi connectivity index (χ3v) is 4.28. The molecular formula is C17H24N2O3. The molecular weight excluding hydrogens is 280 g/mol. The van der Waals surface area contributed by atoms with Crippen LogP contribution in [0.2, 0.25) is 0 Å². The number of hydrogen-bond donors (Lipinski definition) is 1. The first-order valence-electron chi connectivity index (χ1n) is 8.05. The first-order chi connectivity index (χ1) is 10.8. The van der Waals surface area contributed by atoms with Gasteiger partial charge in [-0.3, -0.25) is 4.79 Å². The molecule has 5 nitrogen and oxygen atoms in total.